The van der Waals surface area contributed by atoms with Crippen LogP contribution in [0.5, 0.6) is 0 Å². The Labute approximate surface area is 76.2 Å². The molecule has 12 heavy (non-hydrogen) atoms. The van der Waals surface area contributed by atoms with E-state index in [0.29, 0.717) is 13.2 Å². The van der Waals surface area contributed by atoms with Gasteiger partial charge in [0.15, 0.2) is 0 Å². The van der Waals surface area contributed by atoms with Crippen molar-refractivity contribution in [3.05, 3.63) is 0 Å². The first-order chi connectivity index (χ1) is 5.83. The fourth-order valence-corrected chi connectivity index (χ4v) is 0.516. The molecule has 0 aliphatic heterocycles. The van der Waals surface area contributed by atoms with Gasteiger partial charge in [0.2, 0.25) is 0 Å². The molecule has 3 heteroatoms. The van der Waals surface area contributed by atoms with Crippen molar-refractivity contribution in [1.29, 1.82) is 0 Å². The Morgan fingerprint density at radius 3 is 1.58 bits per heavy atom. The van der Waals surface area contributed by atoms with Crippen molar-refractivity contribution < 1.29 is 9.47 Å². The summed E-state index contributed by atoms with van der Waals surface area (Å²) in [6, 6.07) is 0. The lowest BCUT2D eigenvalue weighted by Gasteiger charge is -1.91. The second-order valence-electron chi connectivity index (χ2n) is 2.18. The van der Waals surface area contributed by atoms with Crippen molar-refractivity contribution >= 4 is 0 Å². The van der Waals surface area contributed by atoms with E-state index in [1.165, 1.54) is 0 Å². The van der Waals surface area contributed by atoms with Crippen molar-refractivity contribution in [3.8, 4) is 0 Å². The molecule has 0 radical (unpaired) electrons. The smallest absolute Gasteiger partial charge is 0.0588 e. The van der Waals surface area contributed by atoms with Crippen molar-refractivity contribution in [2.75, 3.05) is 33.0 Å². The summed E-state index contributed by atoms with van der Waals surface area (Å²) in [5, 5.41) is 0. The quantitative estimate of drug-likeness (QED) is 0.624. The van der Waals surface area contributed by atoms with Crippen LogP contribution in [-0.2, 0) is 9.47 Å². The zero-order chi connectivity index (χ0) is 9.66. The maximum atomic E-state index is 5.09. The monoisotopic (exact) mass is 177 g/mol. The summed E-state index contributed by atoms with van der Waals surface area (Å²) in [4.78, 5) is 0. The predicted molar refractivity (Wildman–Crippen MR) is 52.3 cm³/mol. The highest BCUT2D eigenvalue weighted by Crippen LogP contribution is 1.75. The summed E-state index contributed by atoms with van der Waals surface area (Å²) in [6.45, 7) is 9.94. The molecule has 0 atom stereocenters. The number of nitrogens with two attached hydrogens (primary N) is 1. The van der Waals surface area contributed by atoms with Crippen LogP contribution in [0.25, 0.3) is 0 Å². The molecular weight excluding hydrogens is 154 g/mol. The van der Waals surface area contributed by atoms with E-state index in [0.717, 1.165) is 26.2 Å². The average Bonchev–Trinajstić information content (AvgIpc) is 2.12. The molecule has 0 fully saturated rings. The molecule has 0 aromatic rings. The highest BCUT2D eigenvalue weighted by atomic mass is 16.5. The summed E-state index contributed by atoms with van der Waals surface area (Å²) in [7, 11) is 0. The first-order valence-electron chi connectivity index (χ1n) is 4.68. The highest BCUT2D eigenvalue weighted by molar-refractivity contribution is 4.25. The van der Waals surface area contributed by atoms with Crippen LogP contribution in [0.2, 0.25) is 0 Å². The van der Waals surface area contributed by atoms with E-state index in [1.807, 2.05) is 13.8 Å². The van der Waals surface area contributed by atoms with Crippen LogP contribution in [0.15, 0.2) is 0 Å². The Morgan fingerprint density at radius 1 is 0.917 bits per heavy atom. The molecule has 0 aromatic heterocycles. The van der Waals surface area contributed by atoms with Crippen LogP contribution in [-0.4, -0.2) is 33.0 Å². The Morgan fingerprint density at radius 2 is 1.42 bits per heavy atom. The number of rotatable bonds is 6. The molecule has 0 bridgehead atoms. The molecule has 2 N–H and O–H groups in total. The van der Waals surface area contributed by atoms with Crippen molar-refractivity contribution in [3.63, 3.8) is 0 Å². The van der Waals surface area contributed by atoms with Gasteiger partial charge in [-0.25, -0.2) is 0 Å². The lowest BCUT2D eigenvalue weighted by atomic mass is 10.5. The van der Waals surface area contributed by atoms with E-state index in [9.17, 15) is 0 Å². The highest BCUT2D eigenvalue weighted by Gasteiger charge is 1.73. The Balaban J connectivity index is 0. The zero-order valence-electron chi connectivity index (χ0n) is 8.64. The maximum Gasteiger partial charge on any atom is 0.0588 e. The summed E-state index contributed by atoms with van der Waals surface area (Å²) in [6.07, 6.45) is 1.13. The van der Waals surface area contributed by atoms with E-state index >= 15 is 0 Å². The minimum Gasteiger partial charge on any atom is -0.382 e. The normalized spacial score (nSPS) is 9.00. The second kappa shape index (κ2) is 17.1. The molecule has 0 saturated heterocycles. The van der Waals surface area contributed by atoms with Gasteiger partial charge in [-0.3, -0.25) is 0 Å². The largest absolute Gasteiger partial charge is 0.382 e. The van der Waals surface area contributed by atoms with Crippen molar-refractivity contribution in [2.45, 2.75) is 27.2 Å². The van der Waals surface area contributed by atoms with Gasteiger partial charge in [-0.2, -0.15) is 0 Å². The third kappa shape index (κ3) is 22.5. The van der Waals surface area contributed by atoms with Crippen molar-refractivity contribution in [1.82, 2.24) is 0 Å². The summed E-state index contributed by atoms with van der Waals surface area (Å²) < 4.78 is 9.84. The Kier molecular flexibility index (Phi) is 20.5. The Hall–Kier alpha value is -0.120. The van der Waals surface area contributed by atoms with E-state index in [4.69, 9.17) is 15.2 Å². The topological polar surface area (TPSA) is 44.5 Å². The minimum atomic E-state index is 0.633. The molecule has 3 nitrogen and oxygen atoms in total. The first kappa shape index (κ1) is 14.4. The average molecular weight is 177 g/mol. The molecule has 0 heterocycles. The van der Waals surface area contributed by atoms with Gasteiger partial charge in [-0.15, -0.1) is 0 Å². The lowest BCUT2D eigenvalue weighted by molar-refractivity contribution is 0.148. The van der Waals surface area contributed by atoms with Gasteiger partial charge in [-0.1, -0.05) is 6.92 Å². The zero-order valence-corrected chi connectivity index (χ0v) is 8.64. The molecule has 0 spiro atoms. The molecule has 0 saturated carbocycles. The molecule has 76 valence electrons. The number of hydrogen-bond donors (Lipinski definition) is 1. The molecule has 0 aliphatic carbocycles. The van der Waals surface area contributed by atoms with Crippen LogP contribution in [0.3, 0.4) is 0 Å². The predicted octanol–water partition coefficient (Wildman–Crippen LogP) is 1.41. The van der Waals surface area contributed by atoms with Gasteiger partial charge < -0.3 is 15.2 Å². The SMILES string of the molecule is CCCOCC.CCOCCN. The van der Waals surface area contributed by atoms with Gasteiger partial charge in [0.1, 0.15) is 0 Å². The molecule has 0 aromatic carbocycles. The summed E-state index contributed by atoms with van der Waals surface area (Å²) in [5.74, 6) is 0. The third-order valence-corrected chi connectivity index (χ3v) is 1.02. The van der Waals surface area contributed by atoms with Crippen LogP contribution in [0.4, 0.5) is 0 Å². The van der Waals surface area contributed by atoms with Gasteiger partial charge >= 0.3 is 0 Å². The summed E-state index contributed by atoms with van der Waals surface area (Å²) in [5.41, 5.74) is 5.09. The van der Waals surface area contributed by atoms with Gasteiger partial charge in [0, 0.05) is 26.4 Å². The van der Waals surface area contributed by atoms with Gasteiger partial charge in [-0.05, 0) is 20.3 Å². The van der Waals surface area contributed by atoms with Gasteiger partial charge in [0.25, 0.3) is 0 Å². The second-order valence-corrected chi connectivity index (χ2v) is 2.18. The minimum absolute atomic E-state index is 0.633. The lowest BCUT2D eigenvalue weighted by Crippen LogP contribution is -2.07. The summed E-state index contributed by atoms with van der Waals surface area (Å²) >= 11 is 0. The molecule has 0 amide bonds. The van der Waals surface area contributed by atoms with E-state index < -0.39 is 0 Å². The van der Waals surface area contributed by atoms with Crippen LogP contribution < -0.4 is 5.73 Å². The first-order valence-corrected chi connectivity index (χ1v) is 4.68. The van der Waals surface area contributed by atoms with Gasteiger partial charge in [0.05, 0.1) is 6.61 Å². The van der Waals surface area contributed by atoms with E-state index in [2.05, 4.69) is 6.92 Å². The number of hydrogen-bond acceptors (Lipinski definition) is 3. The Bertz CT molecular complexity index is 44.5. The van der Waals surface area contributed by atoms with Crippen LogP contribution >= 0.6 is 0 Å². The molecule has 0 rings (SSSR count). The number of ether oxygens (including phenoxy) is 2. The maximum absolute atomic E-state index is 5.09. The molecule has 0 aliphatic rings. The van der Waals surface area contributed by atoms with E-state index in [-0.39, 0.29) is 0 Å². The fourth-order valence-electron chi connectivity index (χ4n) is 0.516. The van der Waals surface area contributed by atoms with Crippen LogP contribution in [0.1, 0.15) is 27.2 Å². The fraction of sp³-hybridized carbons (Fsp3) is 1.00. The van der Waals surface area contributed by atoms with Crippen molar-refractivity contribution in [2.24, 2.45) is 5.73 Å². The molecular formula is C9H23NO2. The third-order valence-electron chi connectivity index (χ3n) is 1.02. The standard InChI is InChI=1S/C5H12O.C4H11NO/c1-3-5-6-4-2;1-2-6-4-3-5/h3-5H2,1-2H3;2-5H2,1H3. The van der Waals surface area contributed by atoms with Crippen LogP contribution in [0, 0.1) is 0 Å². The molecule has 0 unspecified atom stereocenters. The van der Waals surface area contributed by atoms with E-state index in [1.54, 1.807) is 0 Å².